The molecule has 0 N–H and O–H groups in total. The second kappa shape index (κ2) is 7.25. The molecule has 0 aromatic rings. The van der Waals surface area contributed by atoms with E-state index in [1.807, 2.05) is 39.8 Å². The quantitative estimate of drug-likeness (QED) is 0.741. The predicted octanol–water partition coefficient (Wildman–Crippen LogP) is 2.13. The van der Waals surface area contributed by atoms with Crippen molar-refractivity contribution in [3.63, 3.8) is 0 Å². The summed E-state index contributed by atoms with van der Waals surface area (Å²) in [6.07, 6.45) is 4.79. The van der Waals surface area contributed by atoms with Crippen molar-refractivity contribution in [3.05, 3.63) is 0 Å². The van der Waals surface area contributed by atoms with Gasteiger partial charge in [0.1, 0.15) is 6.61 Å². The Labute approximate surface area is 118 Å². The minimum absolute atomic E-state index is 0.142. The summed E-state index contributed by atoms with van der Waals surface area (Å²) < 4.78 is 5.63. The lowest BCUT2D eigenvalue weighted by Gasteiger charge is -2.31. The first-order valence-electron chi connectivity index (χ1n) is 7.38. The maximum Gasteiger partial charge on any atom is 0.248 e. The minimum atomic E-state index is -0.251. The van der Waals surface area contributed by atoms with E-state index in [-0.39, 0.29) is 18.1 Å². The molecule has 0 radical (unpaired) electrons. The van der Waals surface area contributed by atoms with Gasteiger partial charge in [-0.2, -0.15) is 0 Å². The number of hydrogen-bond acceptors (Lipinski definition) is 3. The van der Waals surface area contributed by atoms with Gasteiger partial charge in [0.25, 0.3) is 0 Å². The minimum Gasteiger partial charge on any atom is -0.366 e. The topological polar surface area (TPSA) is 32.8 Å². The summed E-state index contributed by atoms with van der Waals surface area (Å²) in [4.78, 5) is 16.5. The first-order valence-corrected chi connectivity index (χ1v) is 7.38. The van der Waals surface area contributed by atoms with Crippen molar-refractivity contribution >= 4 is 5.91 Å². The smallest absolute Gasteiger partial charge is 0.248 e. The van der Waals surface area contributed by atoms with Crippen LogP contribution in [0.5, 0.6) is 0 Å². The SMILES string of the molecule is CN(C)CCN(C(=O)COC(C)(C)C)C1CCCC1. The molecule has 0 atom stereocenters. The molecule has 0 heterocycles. The van der Waals surface area contributed by atoms with Crippen molar-refractivity contribution in [2.45, 2.75) is 58.1 Å². The molecule has 112 valence electrons. The van der Waals surface area contributed by atoms with Crippen molar-refractivity contribution < 1.29 is 9.53 Å². The van der Waals surface area contributed by atoms with E-state index in [0.29, 0.717) is 6.04 Å². The lowest BCUT2D eigenvalue weighted by atomic mass is 10.2. The van der Waals surface area contributed by atoms with Crippen LogP contribution in [0.15, 0.2) is 0 Å². The van der Waals surface area contributed by atoms with Crippen LogP contribution >= 0.6 is 0 Å². The summed E-state index contributed by atoms with van der Waals surface area (Å²) in [6, 6.07) is 0.427. The zero-order valence-corrected chi connectivity index (χ0v) is 13.2. The molecule has 1 aliphatic carbocycles. The fourth-order valence-electron chi connectivity index (χ4n) is 2.40. The zero-order chi connectivity index (χ0) is 14.5. The van der Waals surface area contributed by atoms with Gasteiger partial charge in [-0.15, -0.1) is 0 Å². The molecular weight excluding hydrogens is 240 g/mol. The maximum absolute atomic E-state index is 12.4. The average molecular weight is 270 g/mol. The molecule has 0 unspecified atom stereocenters. The molecule has 19 heavy (non-hydrogen) atoms. The third-order valence-corrected chi connectivity index (χ3v) is 3.50. The van der Waals surface area contributed by atoms with Crippen LogP contribution in [0.1, 0.15) is 46.5 Å². The van der Waals surface area contributed by atoms with Crippen LogP contribution in [0.3, 0.4) is 0 Å². The van der Waals surface area contributed by atoms with Crippen molar-refractivity contribution in [2.75, 3.05) is 33.8 Å². The highest BCUT2D eigenvalue weighted by molar-refractivity contribution is 5.77. The van der Waals surface area contributed by atoms with Crippen LogP contribution < -0.4 is 0 Å². The van der Waals surface area contributed by atoms with Gasteiger partial charge in [0.05, 0.1) is 5.60 Å². The van der Waals surface area contributed by atoms with E-state index in [4.69, 9.17) is 4.74 Å². The van der Waals surface area contributed by atoms with Crippen molar-refractivity contribution in [2.24, 2.45) is 0 Å². The number of hydrogen-bond donors (Lipinski definition) is 0. The lowest BCUT2D eigenvalue weighted by molar-refractivity contribution is -0.143. The molecule has 1 saturated carbocycles. The molecule has 4 heteroatoms. The van der Waals surface area contributed by atoms with Crippen molar-refractivity contribution in [1.82, 2.24) is 9.80 Å². The van der Waals surface area contributed by atoms with Gasteiger partial charge in [0, 0.05) is 19.1 Å². The summed E-state index contributed by atoms with van der Waals surface area (Å²) in [7, 11) is 4.09. The van der Waals surface area contributed by atoms with Gasteiger partial charge < -0.3 is 14.5 Å². The summed E-state index contributed by atoms with van der Waals surface area (Å²) in [5.74, 6) is 0.142. The molecule has 0 saturated heterocycles. The van der Waals surface area contributed by atoms with Crippen molar-refractivity contribution in [3.8, 4) is 0 Å². The Morgan fingerprint density at radius 2 is 1.74 bits per heavy atom. The zero-order valence-electron chi connectivity index (χ0n) is 13.2. The highest BCUT2D eigenvalue weighted by Crippen LogP contribution is 2.23. The Hall–Kier alpha value is -0.610. The Kier molecular flexibility index (Phi) is 6.27. The first kappa shape index (κ1) is 16.4. The fraction of sp³-hybridized carbons (Fsp3) is 0.933. The molecule has 0 spiro atoms. The van der Waals surface area contributed by atoms with Crippen LogP contribution in [0.4, 0.5) is 0 Å². The summed E-state index contributed by atoms with van der Waals surface area (Å²) in [5, 5.41) is 0. The third-order valence-electron chi connectivity index (χ3n) is 3.50. The fourth-order valence-corrected chi connectivity index (χ4v) is 2.40. The van der Waals surface area contributed by atoms with Gasteiger partial charge in [-0.1, -0.05) is 12.8 Å². The van der Waals surface area contributed by atoms with Crippen LogP contribution in [0.2, 0.25) is 0 Å². The molecular formula is C15H30N2O2. The second-order valence-electron chi connectivity index (χ2n) is 6.73. The average Bonchev–Trinajstić information content (AvgIpc) is 2.79. The van der Waals surface area contributed by atoms with Gasteiger partial charge in [-0.25, -0.2) is 0 Å². The Morgan fingerprint density at radius 1 is 1.16 bits per heavy atom. The molecule has 1 aliphatic rings. The Balaban J connectivity index is 2.53. The van der Waals surface area contributed by atoms with Crippen LogP contribution in [-0.4, -0.2) is 61.1 Å². The summed E-state index contributed by atoms with van der Waals surface area (Å²) in [5.41, 5.74) is -0.251. The number of likely N-dealkylation sites (N-methyl/N-ethyl adjacent to an activating group) is 1. The number of carbonyl (C=O) groups is 1. The van der Waals surface area contributed by atoms with Gasteiger partial charge in [-0.05, 0) is 47.7 Å². The maximum atomic E-state index is 12.4. The van der Waals surface area contributed by atoms with E-state index in [9.17, 15) is 4.79 Å². The molecule has 0 aromatic carbocycles. The van der Waals surface area contributed by atoms with Crippen molar-refractivity contribution in [1.29, 1.82) is 0 Å². The van der Waals surface area contributed by atoms with Gasteiger partial charge in [0.15, 0.2) is 0 Å². The molecule has 0 aromatic heterocycles. The molecule has 1 rings (SSSR count). The lowest BCUT2D eigenvalue weighted by Crippen LogP contribution is -2.45. The van der Waals surface area contributed by atoms with Crippen LogP contribution in [-0.2, 0) is 9.53 Å². The monoisotopic (exact) mass is 270 g/mol. The summed E-state index contributed by atoms with van der Waals surface area (Å²) in [6.45, 7) is 7.88. The Morgan fingerprint density at radius 3 is 2.21 bits per heavy atom. The van der Waals surface area contributed by atoms with E-state index < -0.39 is 0 Å². The molecule has 4 nitrogen and oxygen atoms in total. The molecule has 0 bridgehead atoms. The highest BCUT2D eigenvalue weighted by atomic mass is 16.5. The summed E-state index contributed by atoms with van der Waals surface area (Å²) >= 11 is 0. The van der Waals surface area contributed by atoms with Crippen LogP contribution in [0, 0.1) is 0 Å². The molecule has 0 aliphatic heterocycles. The van der Waals surface area contributed by atoms with Gasteiger partial charge >= 0.3 is 0 Å². The number of nitrogens with zero attached hydrogens (tertiary/aromatic N) is 2. The molecule has 1 amide bonds. The number of amides is 1. The third kappa shape index (κ3) is 6.39. The van der Waals surface area contributed by atoms with E-state index in [1.54, 1.807) is 0 Å². The largest absolute Gasteiger partial charge is 0.366 e. The molecule has 1 fully saturated rings. The highest BCUT2D eigenvalue weighted by Gasteiger charge is 2.27. The van der Waals surface area contributed by atoms with Crippen LogP contribution in [0.25, 0.3) is 0 Å². The number of carbonyl (C=O) groups excluding carboxylic acids is 1. The van der Waals surface area contributed by atoms with E-state index in [0.717, 1.165) is 25.9 Å². The number of rotatable bonds is 6. The normalized spacial score (nSPS) is 17.2. The Bertz CT molecular complexity index is 278. The van der Waals surface area contributed by atoms with Gasteiger partial charge in [-0.3, -0.25) is 4.79 Å². The van der Waals surface area contributed by atoms with Gasteiger partial charge in [0.2, 0.25) is 5.91 Å². The predicted molar refractivity (Wildman–Crippen MR) is 78.2 cm³/mol. The van der Waals surface area contributed by atoms with E-state index in [2.05, 4.69) is 4.90 Å². The second-order valence-corrected chi connectivity index (χ2v) is 6.73. The van der Waals surface area contributed by atoms with E-state index >= 15 is 0 Å². The standard InChI is InChI=1S/C15H30N2O2/c1-15(2,3)19-12-14(18)17(11-10-16(4)5)13-8-6-7-9-13/h13H,6-12H2,1-5H3. The first-order chi connectivity index (χ1) is 8.79. The number of ether oxygens (including phenoxy) is 1. The van der Waals surface area contributed by atoms with E-state index in [1.165, 1.54) is 12.8 Å².